The topological polar surface area (TPSA) is 43.4 Å². The maximum absolute atomic E-state index is 11.3. The minimum absolute atomic E-state index is 0.0179. The van der Waals surface area contributed by atoms with Crippen molar-refractivity contribution in [1.82, 2.24) is 0 Å². The first-order valence-corrected chi connectivity index (χ1v) is 8.55. The lowest BCUT2D eigenvalue weighted by Gasteiger charge is -2.10. The molecule has 3 nitrogen and oxygen atoms in total. The molecule has 2 rings (SSSR count). The lowest BCUT2D eigenvalue weighted by molar-refractivity contribution is 0.306. The molecule has 0 heterocycles. The number of rotatable bonds is 4. The summed E-state index contributed by atoms with van der Waals surface area (Å²) in [4.78, 5) is -0.238. The molecule has 0 radical (unpaired) electrons. The van der Waals surface area contributed by atoms with Gasteiger partial charge in [0.25, 0.3) is 9.05 Å². The van der Waals surface area contributed by atoms with Gasteiger partial charge in [0.15, 0.2) is 0 Å². The third-order valence-corrected chi connectivity index (χ3v) is 4.85. The summed E-state index contributed by atoms with van der Waals surface area (Å²) in [6.45, 7) is 0.295. The van der Waals surface area contributed by atoms with Gasteiger partial charge < -0.3 is 4.74 Å². The van der Waals surface area contributed by atoms with Crippen molar-refractivity contribution in [3.8, 4) is 5.75 Å². The van der Waals surface area contributed by atoms with Crippen LogP contribution >= 0.6 is 33.9 Å². The lowest BCUT2D eigenvalue weighted by atomic mass is 10.2. The Morgan fingerprint density at radius 2 is 1.60 bits per heavy atom. The van der Waals surface area contributed by atoms with Crippen molar-refractivity contribution in [2.75, 3.05) is 0 Å². The molecule has 0 amide bonds. The Bertz CT molecular complexity index is 715. The molecule has 0 unspecified atom stereocenters. The van der Waals surface area contributed by atoms with Crippen molar-refractivity contribution in [2.45, 2.75) is 11.5 Å². The highest BCUT2D eigenvalue weighted by Gasteiger charge is 2.19. The predicted molar refractivity (Wildman–Crippen MR) is 80.3 cm³/mol. The number of hydrogen-bond donors (Lipinski definition) is 0. The van der Waals surface area contributed by atoms with Gasteiger partial charge in [0.1, 0.15) is 22.3 Å². The molecule has 0 atom stereocenters. The van der Waals surface area contributed by atoms with Gasteiger partial charge in [0, 0.05) is 10.7 Å². The van der Waals surface area contributed by atoms with Crippen molar-refractivity contribution >= 4 is 42.9 Å². The summed E-state index contributed by atoms with van der Waals surface area (Å²) in [6, 6.07) is 12.1. The van der Waals surface area contributed by atoms with E-state index in [4.69, 9.17) is 38.6 Å². The van der Waals surface area contributed by atoms with Crippen LogP contribution in [-0.2, 0) is 15.7 Å². The Morgan fingerprint density at radius 3 is 2.20 bits per heavy atom. The van der Waals surface area contributed by atoms with Gasteiger partial charge in [-0.15, -0.1) is 0 Å². The highest BCUT2D eigenvalue weighted by molar-refractivity contribution is 8.13. The lowest BCUT2D eigenvalue weighted by Crippen LogP contribution is -1.98. The van der Waals surface area contributed by atoms with Crippen molar-refractivity contribution < 1.29 is 13.2 Å². The maximum atomic E-state index is 11.3. The zero-order valence-corrected chi connectivity index (χ0v) is 13.1. The van der Waals surface area contributed by atoms with Crippen LogP contribution in [0.25, 0.3) is 0 Å². The Hall–Kier alpha value is -0.940. The van der Waals surface area contributed by atoms with Crippen molar-refractivity contribution in [3.05, 3.63) is 58.1 Å². The van der Waals surface area contributed by atoms with E-state index in [9.17, 15) is 8.42 Å². The number of benzene rings is 2. The summed E-state index contributed by atoms with van der Waals surface area (Å²) in [5.74, 6) is 0.296. The van der Waals surface area contributed by atoms with Crippen LogP contribution in [0.1, 0.15) is 5.56 Å². The molecular weight excluding hydrogens is 343 g/mol. The van der Waals surface area contributed by atoms with Crippen LogP contribution in [0.5, 0.6) is 5.75 Å². The van der Waals surface area contributed by atoms with E-state index in [0.29, 0.717) is 12.4 Å². The van der Waals surface area contributed by atoms with Gasteiger partial charge in [-0.05, 0) is 17.7 Å². The van der Waals surface area contributed by atoms with Gasteiger partial charge in [-0.25, -0.2) is 8.42 Å². The number of ether oxygens (including phenoxy) is 1. The van der Waals surface area contributed by atoms with Crippen LogP contribution in [0, 0.1) is 0 Å². The van der Waals surface area contributed by atoms with Crippen LogP contribution in [0.15, 0.2) is 47.4 Å². The highest BCUT2D eigenvalue weighted by atomic mass is 35.7. The molecule has 106 valence electrons. The van der Waals surface area contributed by atoms with E-state index in [1.54, 1.807) is 0 Å². The summed E-state index contributed by atoms with van der Waals surface area (Å²) in [5.41, 5.74) is 0.953. The van der Waals surface area contributed by atoms with E-state index in [2.05, 4.69) is 0 Å². The van der Waals surface area contributed by atoms with Crippen LogP contribution in [0.4, 0.5) is 0 Å². The monoisotopic (exact) mass is 350 g/mol. The predicted octanol–water partition coefficient (Wildman–Crippen LogP) is 4.50. The maximum Gasteiger partial charge on any atom is 0.262 e. The van der Waals surface area contributed by atoms with Gasteiger partial charge in [0.2, 0.25) is 0 Å². The molecule has 0 saturated carbocycles. The first-order valence-electron chi connectivity index (χ1n) is 5.49. The highest BCUT2D eigenvalue weighted by Crippen LogP contribution is 2.38. The van der Waals surface area contributed by atoms with E-state index in [1.807, 2.05) is 30.3 Å². The summed E-state index contributed by atoms with van der Waals surface area (Å²) in [5, 5.41) is -0.128. The fraction of sp³-hybridized carbons (Fsp3) is 0.0769. The molecule has 0 saturated heterocycles. The van der Waals surface area contributed by atoms with Gasteiger partial charge in [-0.2, -0.15) is 0 Å². The first-order chi connectivity index (χ1) is 9.39. The SMILES string of the molecule is O=S(=O)(Cl)c1ccc(OCc2ccccc2)c(Cl)c1Cl. The van der Waals surface area contributed by atoms with E-state index in [1.165, 1.54) is 12.1 Å². The Labute approximate surface area is 131 Å². The summed E-state index contributed by atoms with van der Waals surface area (Å²) in [6.07, 6.45) is 0. The molecule has 0 aliphatic rings. The Kier molecular flexibility index (Phi) is 4.81. The van der Waals surface area contributed by atoms with Crippen molar-refractivity contribution in [3.63, 3.8) is 0 Å². The molecule has 0 spiro atoms. The van der Waals surface area contributed by atoms with Gasteiger partial charge in [0.05, 0.1) is 5.02 Å². The molecule has 0 aliphatic carbocycles. The van der Waals surface area contributed by atoms with Gasteiger partial charge in [-0.3, -0.25) is 0 Å². The van der Waals surface area contributed by atoms with Gasteiger partial charge in [-0.1, -0.05) is 53.5 Å². The minimum Gasteiger partial charge on any atom is -0.487 e. The second kappa shape index (κ2) is 6.22. The zero-order chi connectivity index (χ0) is 14.8. The number of hydrogen-bond acceptors (Lipinski definition) is 3. The molecule has 0 bridgehead atoms. The standard InChI is InChI=1S/C13H9Cl3O3S/c14-12-10(19-8-9-4-2-1-3-5-9)6-7-11(13(12)15)20(16,17)18/h1-7H,8H2. The molecular formula is C13H9Cl3O3S. The molecule has 2 aromatic carbocycles. The third-order valence-electron chi connectivity index (χ3n) is 2.51. The van der Waals surface area contributed by atoms with Crippen LogP contribution in [0.3, 0.4) is 0 Å². The molecule has 0 fully saturated rings. The van der Waals surface area contributed by atoms with Crippen molar-refractivity contribution in [2.24, 2.45) is 0 Å². The summed E-state index contributed by atoms with van der Waals surface area (Å²) in [7, 11) is 1.31. The second-order valence-corrected chi connectivity index (χ2v) is 7.19. The van der Waals surface area contributed by atoms with E-state index in [0.717, 1.165) is 5.56 Å². The minimum atomic E-state index is -3.94. The summed E-state index contributed by atoms with van der Waals surface area (Å²) >= 11 is 11.9. The van der Waals surface area contributed by atoms with Crippen LogP contribution < -0.4 is 4.74 Å². The van der Waals surface area contributed by atoms with Gasteiger partial charge >= 0.3 is 0 Å². The molecule has 7 heteroatoms. The molecule has 2 aromatic rings. The van der Waals surface area contributed by atoms with E-state index < -0.39 is 9.05 Å². The quantitative estimate of drug-likeness (QED) is 0.762. The smallest absolute Gasteiger partial charge is 0.262 e. The molecule has 20 heavy (non-hydrogen) atoms. The van der Waals surface area contributed by atoms with Crippen LogP contribution in [0.2, 0.25) is 10.0 Å². The number of halogens is 3. The average molecular weight is 352 g/mol. The molecule has 0 aliphatic heterocycles. The normalized spacial score (nSPS) is 11.3. The van der Waals surface area contributed by atoms with E-state index in [-0.39, 0.29) is 14.9 Å². The average Bonchev–Trinajstić information content (AvgIpc) is 2.40. The zero-order valence-electron chi connectivity index (χ0n) is 10.0. The summed E-state index contributed by atoms with van der Waals surface area (Å²) < 4.78 is 28.1. The third kappa shape index (κ3) is 3.58. The second-order valence-electron chi connectivity index (χ2n) is 3.90. The first kappa shape index (κ1) is 15.4. The fourth-order valence-electron chi connectivity index (χ4n) is 1.55. The van der Waals surface area contributed by atoms with Crippen LogP contribution in [-0.4, -0.2) is 8.42 Å². The molecule has 0 N–H and O–H groups in total. The Morgan fingerprint density at radius 1 is 0.950 bits per heavy atom. The largest absolute Gasteiger partial charge is 0.487 e. The molecule has 0 aromatic heterocycles. The Balaban J connectivity index is 2.25. The van der Waals surface area contributed by atoms with E-state index >= 15 is 0 Å². The van der Waals surface area contributed by atoms with Crippen molar-refractivity contribution in [1.29, 1.82) is 0 Å². The fourth-order valence-corrected chi connectivity index (χ4v) is 3.34.